The van der Waals surface area contributed by atoms with Crippen molar-refractivity contribution in [1.29, 1.82) is 0 Å². The van der Waals surface area contributed by atoms with Gasteiger partial charge in [0.1, 0.15) is 5.78 Å². The lowest BCUT2D eigenvalue weighted by Crippen LogP contribution is -2.32. The van der Waals surface area contributed by atoms with E-state index in [0.29, 0.717) is 25.7 Å². The summed E-state index contributed by atoms with van der Waals surface area (Å²) in [5.41, 5.74) is 0.0819. The van der Waals surface area contributed by atoms with Crippen LogP contribution in [0.2, 0.25) is 0 Å². The molecule has 1 N–H and O–H groups in total. The number of rotatable bonds is 1. The van der Waals surface area contributed by atoms with Gasteiger partial charge in [0.25, 0.3) is 0 Å². The molecule has 1 aromatic heterocycles. The molecule has 0 atom stereocenters. The second-order valence-corrected chi connectivity index (χ2v) is 5.09. The molecule has 1 saturated carbocycles. The van der Waals surface area contributed by atoms with Crippen LogP contribution < -0.4 is 0 Å². The topological polar surface area (TPSA) is 50.2 Å². The fourth-order valence-electron chi connectivity index (χ4n) is 1.96. The van der Waals surface area contributed by atoms with E-state index in [0.717, 1.165) is 9.13 Å². The Kier molecular flexibility index (Phi) is 3.06. The summed E-state index contributed by atoms with van der Waals surface area (Å²) < 4.78 is 0.965. The zero-order chi connectivity index (χ0) is 10.9. The number of hydrogen-bond donors (Lipinski definition) is 1. The smallest absolute Gasteiger partial charge is 0.133 e. The lowest BCUT2D eigenvalue weighted by Gasteiger charge is -2.32. The fourth-order valence-corrected chi connectivity index (χ4v) is 2.81. The normalized spacial score (nSPS) is 20.3. The molecule has 0 bridgehead atoms. The van der Waals surface area contributed by atoms with Crippen LogP contribution >= 0.6 is 22.6 Å². The number of hydrogen-bond acceptors (Lipinski definition) is 3. The van der Waals surface area contributed by atoms with E-state index in [4.69, 9.17) is 0 Å². The largest absolute Gasteiger partial charge is 0.385 e. The van der Waals surface area contributed by atoms with Gasteiger partial charge in [0.05, 0.1) is 5.60 Å². The highest BCUT2D eigenvalue weighted by Crippen LogP contribution is 2.37. The summed E-state index contributed by atoms with van der Waals surface area (Å²) in [6, 6.07) is 1.84. The van der Waals surface area contributed by atoms with Gasteiger partial charge in [-0.05, 0) is 47.1 Å². The van der Waals surface area contributed by atoms with E-state index >= 15 is 0 Å². The molecular weight excluding hydrogens is 305 g/mol. The van der Waals surface area contributed by atoms with Crippen molar-refractivity contribution in [3.05, 3.63) is 27.6 Å². The van der Waals surface area contributed by atoms with Crippen LogP contribution in [0.15, 0.2) is 18.5 Å². The second kappa shape index (κ2) is 4.17. The van der Waals surface area contributed by atoms with Crippen molar-refractivity contribution in [3.8, 4) is 0 Å². The maximum atomic E-state index is 11.1. The molecule has 15 heavy (non-hydrogen) atoms. The Morgan fingerprint density at radius 2 is 2.07 bits per heavy atom. The Labute approximate surface area is 102 Å². The van der Waals surface area contributed by atoms with Crippen molar-refractivity contribution in [2.75, 3.05) is 0 Å². The number of halogens is 1. The first-order valence-corrected chi connectivity index (χ1v) is 6.04. The number of nitrogens with zero attached hydrogens (tertiary/aromatic N) is 1. The zero-order valence-corrected chi connectivity index (χ0v) is 10.4. The molecule has 1 heterocycles. The average molecular weight is 317 g/mol. The Bertz CT molecular complexity index is 382. The van der Waals surface area contributed by atoms with E-state index in [1.807, 2.05) is 6.07 Å². The van der Waals surface area contributed by atoms with Crippen LogP contribution in [0, 0.1) is 3.57 Å². The van der Waals surface area contributed by atoms with E-state index in [1.54, 1.807) is 12.4 Å². The number of carbonyl (C=O) groups is 1. The Hall–Kier alpha value is -0.490. The maximum Gasteiger partial charge on any atom is 0.133 e. The Balaban J connectivity index is 2.30. The molecule has 2 rings (SSSR count). The first-order valence-electron chi connectivity index (χ1n) is 4.96. The molecule has 1 aliphatic carbocycles. The van der Waals surface area contributed by atoms with Gasteiger partial charge in [-0.1, -0.05) is 0 Å². The molecule has 0 saturated heterocycles. The number of Topliss-reactive ketones (excluding diaryl/α,β-unsaturated/α-hetero) is 1. The van der Waals surface area contributed by atoms with Gasteiger partial charge in [-0.15, -0.1) is 0 Å². The molecule has 0 radical (unpaired) electrons. The van der Waals surface area contributed by atoms with Crippen LogP contribution in [0.25, 0.3) is 0 Å². The minimum absolute atomic E-state index is 0.253. The van der Waals surface area contributed by atoms with Crippen molar-refractivity contribution in [3.63, 3.8) is 0 Å². The fraction of sp³-hybridized carbons (Fsp3) is 0.455. The summed E-state index contributed by atoms with van der Waals surface area (Å²) >= 11 is 2.17. The quantitative estimate of drug-likeness (QED) is 0.806. The first kappa shape index (κ1) is 11.0. The Morgan fingerprint density at radius 3 is 2.67 bits per heavy atom. The molecule has 3 nitrogen and oxygen atoms in total. The van der Waals surface area contributed by atoms with Gasteiger partial charge in [-0.2, -0.15) is 0 Å². The molecular formula is C11H12INO2. The highest BCUT2D eigenvalue weighted by Gasteiger charge is 2.35. The van der Waals surface area contributed by atoms with Crippen LogP contribution in [-0.2, 0) is 10.4 Å². The third-order valence-corrected chi connectivity index (χ3v) is 3.77. The van der Waals surface area contributed by atoms with Gasteiger partial charge in [-0.25, -0.2) is 0 Å². The van der Waals surface area contributed by atoms with Gasteiger partial charge in [0.2, 0.25) is 0 Å². The summed E-state index contributed by atoms with van der Waals surface area (Å²) in [5, 5.41) is 10.5. The first-order chi connectivity index (χ1) is 7.12. The Morgan fingerprint density at radius 1 is 1.40 bits per heavy atom. The van der Waals surface area contributed by atoms with Crippen LogP contribution in [0.3, 0.4) is 0 Å². The van der Waals surface area contributed by atoms with E-state index < -0.39 is 5.60 Å². The zero-order valence-electron chi connectivity index (χ0n) is 8.24. The highest BCUT2D eigenvalue weighted by molar-refractivity contribution is 14.1. The number of pyridine rings is 1. The summed E-state index contributed by atoms with van der Waals surface area (Å²) in [6.45, 7) is 0. The lowest BCUT2D eigenvalue weighted by atomic mass is 9.79. The van der Waals surface area contributed by atoms with E-state index in [2.05, 4.69) is 27.6 Å². The van der Waals surface area contributed by atoms with E-state index in [1.165, 1.54) is 0 Å². The van der Waals surface area contributed by atoms with E-state index in [9.17, 15) is 9.90 Å². The number of aromatic nitrogens is 1. The standard InChI is InChI=1S/C11H12INO2/c12-10-7-13-6-3-9(10)11(15)4-1-8(14)2-5-11/h3,6-7,15H,1-2,4-5H2. The van der Waals surface area contributed by atoms with Crippen LogP contribution in [-0.4, -0.2) is 15.9 Å². The van der Waals surface area contributed by atoms with Gasteiger partial charge < -0.3 is 5.11 Å². The monoisotopic (exact) mass is 317 g/mol. The molecule has 0 spiro atoms. The number of ketones is 1. The van der Waals surface area contributed by atoms with Crippen LogP contribution in [0.5, 0.6) is 0 Å². The van der Waals surface area contributed by atoms with Crippen molar-refractivity contribution >= 4 is 28.4 Å². The molecule has 1 aliphatic rings. The summed E-state index contributed by atoms with van der Waals surface area (Å²) in [5.74, 6) is 0.253. The van der Waals surface area contributed by atoms with Crippen LogP contribution in [0.4, 0.5) is 0 Å². The van der Waals surface area contributed by atoms with Crippen LogP contribution in [0.1, 0.15) is 31.2 Å². The number of aliphatic hydroxyl groups is 1. The van der Waals surface area contributed by atoms with Crippen molar-refractivity contribution in [2.24, 2.45) is 0 Å². The molecule has 1 fully saturated rings. The lowest BCUT2D eigenvalue weighted by molar-refractivity contribution is -0.125. The molecule has 4 heteroatoms. The molecule has 1 aromatic rings. The van der Waals surface area contributed by atoms with Gasteiger partial charge in [0.15, 0.2) is 0 Å². The van der Waals surface area contributed by atoms with Crippen molar-refractivity contribution < 1.29 is 9.90 Å². The maximum absolute atomic E-state index is 11.1. The van der Waals surface area contributed by atoms with Crippen molar-refractivity contribution in [1.82, 2.24) is 4.98 Å². The minimum atomic E-state index is -0.826. The molecule has 0 aromatic carbocycles. The second-order valence-electron chi connectivity index (χ2n) is 3.93. The summed E-state index contributed by atoms with van der Waals surface area (Å²) in [6.07, 6.45) is 5.46. The van der Waals surface area contributed by atoms with E-state index in [-0.39, 0.29) is 5.78 Å². The number of carbonyl (C=O) groups excluding carboxylic acids is 1. The molecule has 80 valence electrons. The average Bonchev–Trinajstić information content (AvgIpc) is 2.23. The van der Waals surface area contributed by atoms with Gasteiger partial charge in [0, 0.05) is 28.8 Å². The molecule has 0 unspecified atom stereocenters. The summed E-state index contributed by atoms with van der Waals surface area (Å²) in [4.78, 5) is 15.1. The molecule has 0 amide bonds. The highest BCUT2D eigenvalue weighted by atomic mass is 127. The van der Waals surface area contributed by atoms with Gasteiger partial charge in [-0.3, -0.25) is 9.78 Å². The predicted molar refractivity (Wildman–Crippen MR) is 64.3 cm³/mol. The SMILES string of the molecule is O=C1CCC(O)(c2ccncc2I)CC1. The van der Waals surface area contributed by atoms with Gasteiger partial charge >= 0.3 is 0 Å². The summed E-state index contributed by atoms with van der Waals surface area (Å²) in [7, 11) is 0. The third kappa shape index (κ3) is 2.20. The van der Waals surface area contributed by atoms with Crippen molar-refractivity contribution in [2.45, 2.75) is 31.3 Å². The third-order valence-electron chi connectivity index (χ3n) is 2.91. The minimum Gasteiger partial charge on any atom is -0.385 e. The predicted octanol–water partition coefficient (Wildman–Crippen LogP) is 2.02. The molecule has 0 aliphatic heterocycles.